The molecule has 1 aliphatic rings. The average molecular weight is 358 g/mol. The Morgan fingerprint density at radius 2 is 2.00 bits per heavy atom. The van der Waals surface area contributed by atoms with Crippen LogP contribution in [0.3, 0.4) is 0 Å². The van der Waals surface area contributed by atoms with E-state index < -0.39 is 0 Å². The number of nitrogens with one attached hydrogen (secondary N) is 1. The van der Waals surface area contributed by atoms with Gasteiger partial charge >= 0.3 is 0 Å². The lowest BCUT2D eigenvalue weighted by atomic mass is 10.1. The molecule has 0 aliphatic heterocycles. The van der Waals surface area contributed by atoms with Crippen molar-refractivity contribution in [3.63, 3.8) is 0 Å². The molecule has 0 radical (unpaired) electrons. The molecule has 1 saturated carbocycles. The van der Waals surface area contributed by atoms with Crippen molar-refractivity contribution in [2.45, 2.75) is 35.3 Å². The number of anilines is 1. The quantitative estimate of drug-likeness (QED) is 0.754. The van der Waals surface area contributed by atoms with Crippen LogP contribution >= 0.6 is 23.1 Å². The van der Waals surface area contributed by atoms with Crippen LogP contribution in [-0.4, -0.2) is 25.9 Å². The van der Waals surface area contributed by atoms with Crippen molar-refractivity contribution in [1.29, 1.82) is 0 Å². The molecule has 0 saturated heterocycles. The van der Waals surface area contributed by atoms with Gasteiger partial charge in [-0.1, -0.05) is 42.4 Å². The van der Waals surface area contributed by atoms with E-state index in [-0.39, 0.29) is 10.3 Å². The Balaban J connectivity index is 1.52. The average Bonchev–Trinajstić information content (AvgIpc) is 3.22. The van der Waals surface area contributed by atoms with Crippen LogP contribution in [0.2, 0.25) is 0 Å². The Bertz CT molecular complexity index is 884. The first-order valence-electron chi connectivity index (χ1n) is 8.07. The van der Waals surface area contributed by atoms with Crippen molar-refractivity contribution >= 4 is 33.2 Å². The summed E-state index contributed by atoms with van der Waals surface area (Å²) in [6.45, 7) is 0.848. The molecule has 4 rings (SSSR count). The third-order valence-electron chi connectivity index (χ3n) is 4.32. The molecule has 0 unspecified atom stereocenters. The molecule has 24 heavy (non-hydrogen) atoms. The third kappa shape index (κ3) is 3.18. The van der Waals surface area contributed by atoms with Gasteiger partial charge in [0.2, 0.25) is 10.1 Å². The molecule has 0 spiro atoms. The molecule has 2 aromatic heterocycles. The lowest BCUT2D eigenvalue weighted by Gasteiger charge is -2.28. The first-order valence-corrected chi connectivity index (χ1v) is 9.70. The zero-order valence-electron chi connectivity index (χ0n) is 13.1. The Morgan fingerprint density at radius 3 is 2.75 bits per heavy atom. The van der Waals surface area contributed by atoms with Gasteiger partial charge in [-0.3, -0.25) is 4.79 Å². The van der Waals surface area contributed by atoms with Gasteiger partial charge in [0.1, 0.15) is 0 Å². The highest BCUT2D eigenvalue weighted by atomic mass is 32.2. The minimum absolute atomic E-state index is 0.140. The predicted octanol–water partition coefficient (Wildman–Crippen LogP) is 3.67. The zero-order valence-corrected chi connectivity index (χ0v) is 14.8. The van der Waals surface area contributed by atoms with Gasteiger partial charge in [-0.05, 0) is 25.0 Å². The van der Waals surface area contributed by atoms with Crippen LogP contribution in [0.4, 0.5) is 5.13 Å². The number of thioether (sulfide) groups is 1. The monoisotopic (exact) mass is 358 g/mol. The first-order chi connectivity index (χ1) is 11.7. The largest absolute Gasteiger partial charge is 0.359 e. The Hall–Kier alpha value is -1.86. The molecule has 0 amide bonds. The summed E-state index contributed by atoms with van der Waals surface area (Å²) in [5, 5.41) is 8.56. The first kappa shape index (κ1) is 15.7. The van der Waals surface area contributed by atoms with E-state index in [1.807, 2.05) is 11.8 Å². The van der Waals surface area contributed by atoms with Crippen LogP contribution in [0.1, 0.15) is 25.7 Å². The molecule has 0 atom stereocenters. The van der Waals surface area contributed by atoms with Crippen molar-refractivity contribution in [2.24, 2.45) is 0 Å². The zero-order chi connectivity index (χ0) is 16.4. The summed E-state index contributed by atoms with van der Waals surface area (Å²) in [5.41, 5.74) is -0.140. The fraction of sp³-hybridized carbons (Fsp3) is 0.353. The molecule has 3 aromatic rings. The number of hydrogen-bond donors (Lipinski definition) is 1. The van der Waals surface area contributed by atoms with Crippen molar-refractivity contribution in [1.82, 2.24) is 14.6 Å². The molecule has 5 nitrogen and oxygen atoms in total. The summed E-state index contributed by atoms with van der Waals surface area (Å²) in [7, 11) is 0. The lowest BCUT2D eigenvalue weighted by Crippen LogP contribution is -2.30. The maximum Gasteiger partial charge on any atom is 0.275 e. The molecular formula is C17H18N4OS2. The number of hydrogen-bond acceptors (Lipinski definition) is 6. The number of fused-ring (bicyclic) bond motifs is 1. The second kappa shape index (κ2) is 6.57. The summed E-state index contributed by atoms with van der Waals surface area (Å²) in [6, 6.07) is 12.0. The van der Waals surface area contributed by atoms with Crippen LogP contribution in [0.5, 0.6) is 0 Å². The molecule has 1 aromatic carbocycles. The van der Waals surface area contributed by atoms with E-state index in [9.17, 15) is 4.79 Å². The SMILES string of the molecule is O=c1ccnc2sc(NCC3(Sc4ccccc4)CCCC3)nn12. The second-order valence-corrected chi connectivity index (χ2v) is 8.54. The topological polar surface area (TPSA) is 59.3 Å². The van der Waals surface area contributed by atoms with Gasteiger partial charge in [-0.2, -0.15) is 4.52 Å². The van der Waals surface area contributed by atoms with E-state index in [1.165, 1.54) is 58.7 Å². The number of rotatable bonds is 5. The van der Waals surface area contributed by atoms with Gasteiger partial charge in [0.15, 0.2) is 0 Å². The maximum absolute atomic E-state index is 11.8. The highest BCUT2D eigenvalue weighted by Gasteiger charge is 2.35. The summed E-state index contributed by atoms with van der Waals surface area (Å²) >= 11 is 3.38. The molecule has 124 valence electrons. The number of benzene rings is 1. The van der Waals surface area contributed by atoms with Crippen molar-refractivity contribution in [2.75, 3.05) is 11.9 Å². The fourth-order valence-corrected chi connectivity index (χ4v) is 5.33. The molecule has 2 heterocycles. The second-order valence-electron chi connectivity index (χ2n) is 6.04. The van der Waals surface area contributed by atoms with Crippen LogP contribution in [-0.2, 0) is 0 Å². The summed E-state index contributed by atoms with van der Waals surface area (Å²) in [6.07, 6.45) is 6.46. The maximum atomic E-state index is 11.8. The molecule has 1 aliphatic carbocycles. The van der Waals surface area contributed by atoms with Gasteiger partial charge in [0.25, 0.3) is 5.56 Å². The van der Waals surface area contributed by atoms with Crippen molar-refractivity contribution in [3.05, 3.63) is 52.9 Å². The summed E-state index contributed by atoms with van der Waals surface area (Å²) < 4.78 is 1.55. The Kier molecular flexibility index (Phi) is 4.28. The molecule has 0 bridgehead atoms. The Labute approximate surface area is 148 Å². The predicted molar refractivity (Wildman–Crippen MR) is 99.1 cm³/mol. The number of nitrogens with zero attached hydrogens (tertiary/aromatic N) is 3. The molecular weight excluding hydrogens is 340 g/mol. The highest BCUT2D eigenvalue weighted by molar-refractivity contribution is 8.00. The van der Waals surface area contributed by atoms with Crippen LogP contribution in [0.15, 0.2) is 52.3 Å². The van der Waals surface area contributed by atoms with Crippen LogP contribution < -0.4 is 10.9 Å². The highest BCUT2D eigenvalue weighted by Crippen LogP contribution is 2.45. The van der Waals surface area contributed by atoms with Crippen LogP contribution in [0, 0.1) is 0 Å². The molecule has 1 fully saturated rings. The van der Waals surface area contributed by atoms with Gasteiger partial charge < -0.3 is 5.32 Å². The fourth-order valence-electron chi connectivity index (χ4n) is 3.12. The van der Waals surface area contributed by atoms with E-state index >= 15 is 0 Å². The van der Waals surface area contributed by atoms with Crippen LogP contribution in [0.25, 0.3) is 4.96 Å². The van der Waals surface area contributed by atoms with Gasteiger partial charge in [-0.15, -0.1) is 16.9 Å². The van der Waals surface area contributed by atoms with E-state index in [2.05, 4.69) is 45.7 Å². The Morgan fingerprint density at radius 1 is 1.21 bits per heavy atom. The minimum Gasteiger partial charge on any atom is -0.359 e. The standard InChI is InChI=1S/C17H18N4OS2/c22-14-8-11-18-16-21(14)20-15(23-16)19-12-17(9-4-5-10-17)24-13-6-2-1-3-7-13/h1-3,6-8,11H,4-5,9-10,12H2,(H,19,20). The normalized spacial score (nSPS) is 16.5. The van der Waals surface area contributed by atoms with Gasteiger partial charge in [0.05, 0.1) is 0 Å². The minimum atomic E-state index is -0.140. The summed E-state index contributed by atoms with van der Waals surface area (Å²) in [4.78, 5) is 17.9. The smallest absolute Gasteiger partial charge is 0.275 e. The van der Waals surface area contributed by atoms with Crippen molar-refractivity contribution in [3.8, 4) is 0 Å². The van der Waals surface area contributed by atoms with E-state index in [1.54, 1.807) is 0 Å². The van der Waals surface area contributed by atoms with E-state index in [0.29, 0.717) is 4.96 Å². The summed E-state index contributed by atoms with van der Waals surface area (Å²) in [5.74, 6) is 0. The van der Waals surface area contributed by atoms with E-state index in [0.717, 1.165) is 11.7 Å². The van der Waals surface area contributed by atoms with Crippen molar-refractivity contribution < 1.29 is 0 Å². The van der Waals surface area contributed by atoms with E-state index in [4.69, 9.17) is 0 Å². The van der Waals surface area contributed by atoms with Gasteiger partial charge in [0, 0.05) is 28.5 Å². The molecule has 7 heteroatoms. The number of aromatic nitrogens is 3. The molecule has 1 N–H and O–H groups in total. The van der Waals surface area contributed by atoms with Gasteiger partial charge in [-0.25, -0.2) is 4.98 Å². The lowest BCUT2D eigenvalue weighted by molar-refractivity contribution is 0.636. The third-order valence-corrected chi connectivity index (χ3v) is 6.70.